The van der Waals surface area contributed by atoms with Gasteiger partial charge in [-0.2, -0.15) is 0 Å². The van der Waals surface area contributed by atoms with Crippen molar-refractivity contribution >= 4 is 29.2 Å². The summed E-state index contributed by atoms with van der Waals surface area (Å²) in [5.74, 6) is -2.12. The lowest BCUT2D eigenvalue weighted by atomic mass is 10.0. The molecule has 0 aliphatic carbocycles. The topological polar surface area (TPSA) is 128 Å². The Bertz CT molecular complexity index is 929. The second kappa shape index (κ2) is 10.1. The predicted octanol–water partition coefficient (Wildman–Crippen LogP) is 2.92. The number of benzene rings is 2. The van der Waals surface area contributed by atoms with Gasteiger partial charge in [-0.25, -0.2) is 4.79 Å². The Morgan fingerprint density at radius 1 is 1.00 bits per heavy atom. The monoisotopic (exact) mass is 413 g/mol. The van der Waals surface area contributed by atoms with E-state index >= 15 is 0 Å². The Kier molecular flexibility index (Phi) is 7.62. The van der Waals surface area contributed by atoms with E-state index < -0.39 is 34.9 Å². The highest BCUT2D eigenvalue weighted by molar-refractivity contribution is 5.98. The molecule has 2 N–H and O–H groups in total. The van der Waals surface area contributed by atoms with Crippen LogP contribution in [0.2, 0.25) is 0 Å². The molecule has 0 fully saturated rings. The minimum atomic E-state index is -1.17. The molecule has 0 saturated carbocycles. The van der Waals surface area contributed by atoms with E-state index in [2.05, 4.69) is 10.6 Å². The number of anilines is 1. The quantitative estimate of drug-likeness (QED) is 0.389. The van der Waals surface area contributed by atoms with Crippen LogP contribution in [0.15, 0.2) is 54.6 Å². The average Bonchev–Trinajstić information content (AvgIpc) is 2.72. The minimum Gasteiger partial charge on any atom is -0.451 e. The van der Waals surface area contributed by atoms with Crippen molar-refractivity contribution in [3.05, 3.63) is 70.3 Å². The smallest absolute Gasteiger partial charge is 0.329 e. The van der Waals surface area contributed by atoms with E-state index in [-0.39, 0.29) is 17.3 Å². The zero-order chi connectivity index (χ0) is 22.3. The fourth-order valence-corrected chi connectivity index (χ4v) is 2.55. The first-order valence-corrected chi connectivity index (χ1v) is 9.30. The minimum absolute atomic E-state index is 0.180. The molecule has 0 heterocycles. The summed E-state index contributed by atoms with van der Waals surface area (Å²) in [4.78, 5) is 47.5. The van der Waals surface area contributed by atoms with Crippen molar-refractivity contribution in [2.24, 2.45) is 5.92 Å². The number of ether oxygens (including phenoxy) is 1. The first-order valence-electron chi connectivity index (χ1n) is 9.30. The highest BCUT2D eigenvalue weighted by Crippen LogP contribution is 2.17. The van der Waals surface area contributed by atoms with Crippen LogP contribution in [0, 0.1) is 16.0 Å². The van der Waals surface area contributed by atoms with Crippen molar-refractivity contribution in [1.29, 1.82) is 0 Å². The summed E-state index contributed by atoms with van der Waals surface area (Å²) in [6.07, 6.45) is -1.17. The van der Waals surface area contributed by atoms with Gasteiger partial charge in [0.15, 0.2) is 6.10 Å². The molecule has 2 aromatic rings. The SMILES string of the molecule is CC(OC(=O)C(NC(=O)c1ccccc1)C(C)C)C(=O)Nc1cccc([N+](=O)[O-])c1. The first-order chi connectivity index (χ1) is 14.2. The summed E-state index contributed by atoms with van der Waals surface area (Å²) in [6.45, 7) is 4.86. The van der Waals surface area contributed by atoms with Crippen molar-refractivity contribution < 1.29 is 24.0 Å². The molecule has 0 spiro atoms. The first kappa shape index (κ1) is 22.5. The number of nitro groups is 1. The molecular weight excluding hydrogens is 390 g/mol. The van der Waals surface area contributed by atoms with E-state index in [0.29, 0.717) is 5.56 Å². The van der Waals surface area contributed by atoms with Gasteiger partial charge in [-0.15, -0.1) is 0 Å². The second-order valence-electron chi connectivity index (χ2n) is 6.94. The van der Waals surface area contributed by atoms with Crippen LogP contribution in [0.5, 0.6) is 0 Å². The largest absolute Gasteiger partial charge is 0.451 e. The van der Waals surface area contributed by atoms with Crippen molar-refractivity contribution in [3.63, 3.8) is 0 Å². The van der Waals surface area contributed by atoms with Crippen molar-refractivity contribution in [3.8, 4) is 0 Å². The second-order valence-corrected chi connectivity index (χ2v) is 6.94. The van der Waals surface area contributed by atoms with Crippen LogP contribution in [-0.2, 0) is 14.3 Å². The van der Waals surface area contributed by atoms with E-state index in [1.165, 1.54) is 31.2 Å². The molecule has 2 atom stereocenters. The average molecular weight is 413 g/mol. The molecule has 0 bridgehead atoms. The normalized spacial score (nSPS) is 12.5. The molecular formula is C21H23N3O6. The Balaban J connectivity index is 2.00. The third-order valence-electron chi connectivity index (χ3n) is 4.23. The highest BCUT2D eigenvalue weighted by atomic mass is 16.6. The van der Waals surface area contributed by atoms with Crippen LogP contribution in [-0.4, -0.2) is 34.9 Å². The Labute approximate surface area is 173 Å². The van der Waals surface area contributed by atoms with Crippen LogP contribution >= 0.6 is 0 Å². The number of carbonyl (C=O) groups excluding carboxylic acids is 3. The fourth-order valence-electron chi connectivity index (χ4n) is 2.55. The zero-order valence-corrected chi connectivity index (χ0v) is 16.8. The molecule has 2 aromatic carbocycles. The molecule has 2 amide bonds. The van der Waals surface area contributed by atoms with Gasteiger partial charge in [0.25, 0.3) is 17.5 Å². The van der Waals surface area contributed by atoms with Crippen LogP contribution in [0.3, 0.4) is 0 Å². The number of carbonyl (C=O) groups is 3. The molecule has 0 aliphatic heterocycles. The van der Waals surface area contributed by atoms with Crippen LogP contribution in [0.4, 0.5) is 11.4 Å². The number of hydrogen-bond acceptors (Lipinski definition) is 6. The molecule has 0 radical (unpaired) electrons. The molecule has 9 nitrogen and oxygen atoms in total. The number of non-ortho nitro benzene ring substituents is 1. The molecule has 9 heteroatoms. The van der Waals surface area contributed by atoms with Gasteiger partial charge in [-0.3, -0.25) is 19.7 Å². The summed E-state index contributed by atoms with van der Waals surface area (Å²) < 4.78 is 5.22. The van der Waals surface area contributed by atoms with Gasteiger partial charge in [0.2, 0.25) is 0 Å². The lowest BCUT2D eigenvalue weighted by molar-refractivity contribution is -0.384. The molecule has 0 saturated heterocycles. The fraction of sp³-hybridized carbons (Fsp3) is 0.286. The summed E-state index contributed by atoms with van der Waals surface area (Å²) >= 11 is 0. The third-order valence-corrected chi connectivity index (χ3v) is 4.23. The Hall–Kier alpha value is -3.75. The van der Waals surface area contributed by atoms with E-state index in [1.807, 2.05) is 0 Å². The molecule has 158 valence electrons. The molecule has 2 unspecified atom stereocenters. The van der Waals surface area contributed by atoms with Gasteiger partial charge in [0.1, 0.15) is 6.04 Å². The summed E-state index contributed by atoms with van der Waals surface area (Å²) in [6, 6.07) is 12.9. The summed E-state index contributed by atoms with van der Waals surface area (Å²) in [7, 11) is 0. The number of nitrogens with one attached hydrogen (secondary N) is 2. The number of nitrogens with zero attached hydrogens (tertiary/aromatic N) is 1. The lowest BCUT2D eigenvalue weighted by Gasteiger charge is -2.23. The highest BCUT2D eigenvalue weighted by Gasteiger charge is 2.29. The van der Waals surface area contributed by atoms with Crippen LogP contribution in [0.1, 0.15) is 31.1 Å². The number of hydrogen-bond donors (Lipinski definition) is 2. The maximum atomic E-state index is 12.6. The third kappa shape index (κ3) is 6.13. The number of rotatable bonds is 8. The van der Waals surface area contributed by atoms with Crippen molar-refractivity contribution in [2.45, 2.75) is 32.9 Å². The van der Waals surface area contributed by atoms with E-state index in [4.69, 9.17) is 4.74 Å². The molecule has 30 heavy (non-hydrogen) atoms. The van der Waals surface area contributed by atoms with Gasteiger partial charge in [0.05, 0.1) is 4.92 Å². The van der Waals surface area contributed by atoms with E-state index in [0.717, 1.165) is 0 Å². The van der Waals surface area contributed by atoms with E-state index in [9.17, 15) is 24.5 Å². The number of esters is 1. The van der Waals surface area contributed by atoms with Crippen LogP contribution < -0.4 is 10.6 Å². The Morgan fingerprint density at radius 2 is 1.67 bits per heavy atom. The van der Waals surface area contributed by atoms with Crippen molar-refractivity contribution in [2.75, 3.05) is 5.32 Å². The molecule has 0 aliphatic rings. The summed E-state index contributed by atoms with van der Waals surface area (Å²) in [5.41, 5.74) is 0.420. The van der Waals surface area contributed by atoms with Gasteiger partial charge in [-0.05, 0) is 31.0 Å². The van der Waals surface area contributed by atoms with Crippen molar-refractivity contribution in [1.82, 2.24) is 5.32 Å². The van der Waals surface area contributed by atoms with E-state index in [1.54, 1.807) is 44.2 Å². The maximum Gasteiger partial charge on any atom is 0.329 e. The lowest BCUT2D eigenvalue weighted by Crippen LogP contribution is -2.47. The molecule has 2 rings (SSSR count). The zero-order valence-electron chi connectivity index (χ0n) is 16.8. The standard InChI is InChI=1S/C21H23N3O6/c1-13(2)18(23-20(26)15-8-5-4-6-9-15)21(27)30-14(3)19(25)22-16-10-7-11-17(12-16)24(28)29/h4-14,18H,1-3H3,(H,22,25)(H,23,26). The Morgan fingerprint density at radius 3 is 2.27 bits per heavy atom. The van der Waals surface area contributed by atoms with Crippen LogP contribution in [0.25, 0.3) is 0 Å². The van der Waals surface area contributed by atoms with Gasteiger partial charge in [-0.1, -0.05) is 38.1 Å². The van der Waals surface area contributed by atoms with Gasteiger partial charge in [0, 0.05) is 23.4 Å². The maximum absolute atomic E-state index is 12.6. The van der Waals surface area contributed by atoms with Gasteiger partial charge >= 0.3 is 5.97 Å². The molecule has 0 aromatic heterocycles. The summed E-state index contributed by atoms with van der Waals surface area (Å²) in [5, 5.41) is 15.9. The number of nitro benzene ring substituents is 1. The number of amides is 2. The predicted molar refractivity (Wildman–Crippen MR) is 110 cm³/mol. The van der Waals surface area contributed by atoms with Gasteiger partial charge < -0.3 is 15.4 Å².